The highest BCUT2D eigenvalue weighted by molar-refractivity contribution is 5.65. The lowest BCUT2D eigenvalue weighted by Crippen LogP contribution is -2.15. The molecule has 0 aromatic rings. The second-order valence-corrected chi connectivity index (χ2v) is 1.73. The fraction of sp³-hybridized carbons (Fsp3) is 0.600. The minimum atomic E-state index is -4.37. The van der Waals surface area contributed by atoms with Crippen LogP contribution in [0.2, 0.25) is 0 Å². The van der Waals surface area contributed by atoms with E-state index in [0.29, 0.717) is 0 Å². The Balaban J connectivity index is 3.93. The molecule has 0 saturated heterocycles. The second-order valence-electron chi connectivity index (χ2n) is 1.73. The van der Waals surface area contributed by atoms with Crippen LogP contribution < -0.4 is 0 Å². The van der Waals surface area contributed by atoms with Crippen molar-refractivity contribution in [1.29, 1.82) is 0 Å². The van der Waals surface area contributed by atoms with Crippen molar-refractivity contribution in [2.45, 2.75) is 6.18 Å². The van der Waals surface area contributed by atoms with Crippen molar-refractivity contribution in [2.75, 3.05) is 14.1 Å². The molecule has 3 nitrogen and oxygen atoms in total. The van der Waals surface area contributed by atoms with Crippen molar-refractivity contribution in [2.24, 2.45) is 10.1 Å². The largest absolute Gasteiger partial charge is 0.428 e. The summed E-state index contributed by atoms with van der Waals surface area (Å²) >= 11 is 0. The molecule has 0 heterocycles. The number of nitrogens with zero attached hydrogens (tertiary/aromatic N) is 3. The topological polar surface area (TPSA) is 28.0 Å². The van der Waals surface area contributed by atoms with E-state index in [9.17, 15) is 13.2 Å². The number of rotatable bonds is 2. The highest BCUT2D eigenvalue weighted by atomic mass is 19.4. The van der Waals surface area contributed by atoms with Gasteiger partial charge in [0.1, 0.15) is 12.6 Å². The monoisotopic (exact) mass is 167 g/mol. The third kappa shape index (κ3) is 6.82. The minimum absolute atomic E-state index is 0.102. The van der Waals surface area contributed by atoms with Crippen LogP contribution >= 0.6 is 0 Å². The van der Waals surface area contributed by atoms with Crippen molar-refractivity contribution in [3.05, 3.63) is 0 Å². The Labute approximate surface area is 62.2 Å². The lowest BCUT2D eigenvalue weighted by atomic mass is 10.7. The number of aliphatic imine (C=N–C) groups is 1. The molecule has 6 heteroatoms. The Morgan fingerprint density at radius 1 is 1.36 bits per heavy atom. The van der Waals surface area contributed by atoms with Gasteiger partial charge in [0.15, 0.2) is 0 Å². The lowest BCUT2D eigenvalue weighted by molar-refractivity contribution is -0.0543. The molecule has 11 heavy (non-hydrogen) atoms. The molecular weight excluding hydrogens is 159 g/mol. The van der Waals surface area contributed by atoms with E-state index in [4.69, 9.17) is 0 Å². The minimum Gasteiger partial charge on any atom is -0.277 e. The van der Waals surface area contributed by atoms with E-state index in [1.54, 1.807) is 0 Å². The number of hydrogen-bond acceptors (Lipinski definition) is 2. The summed E-state index contributed by atoms with van der Waals surface area (Å²) in [5.74, 6) is 0. The van der Waals surface area contributed by atoms with Gasteiger partial charge in [0.25, 0.3) is 0 Å². The molecule has 0 aromatic heterocycles. The summed E-state index contributed by atoms with van der Waals surface area (Å²) in [6.45, 7) is 0. The number of alkyl halides is 3. The first-order valence-electron chi connectivity index (χ1n) is 2.72. The fourth-order valence-corrected chi connectivity index (χ4v) is 0.353. The van der Waals surface area contributed by atoms with E-state index >= 15 is 0 Å². The molecule has 0 saturated carbocycles. The highest BCUT2D eigenvalue weighted by Crippen LogP contribution is 2.10. The third-order valence-corrected chi connectivity index (χ3v) is 0.669. The molecule has 0 rings (SSSR count). The maximum atomic E-state index is 11.4. The smallest absolute Gasteiger partial charge is 0.277 e. The predicted octanol–water partition coefficient (Wildman–Crippen LogP) is 1.12. The van der Waals surface area contributed by atoms with Gasteiger partial charge in [0.2, 0.25) is 0 Å². The summed E-state index contributed by atoms with van der Waals surface area (Å²) in [6.07, 6.45) is -3.30. The molecule has 0 aliphatic rings. The average Bonchev–Trinajstić information content (AvgIpc) is 1.83. The van der Waals surface area contributed by atoms with Gasteiger partial charge < -0.3 is 0 Å². The van der Waals surface area contributed by atoms with Crippen LogP contribution in [0.25, 0.3) is 0 Å². The van der Waals surface area contributed by atoms with E-state index in [-0.39, 0.29) is 6.21 Å². The summed E-state index contributed by atoms with van der Waals surface area (Å²) in [5, 5.41) is 3.98. The molecule has 0 atom stereocenters. The average molecular weight is 167 g/mol. The van der Waals surface area contributed by atoms with Crippen molar-refractivity contribution >= 4 is 12.6 Å². The van der Waals surface area contributed by atoms with Crippen LogP contribution in [-0.2, 0) is 0 Å². The molecular formula is C5H8F3N3. The third-order valence-electron chi connectivity index (χ3n) is 0.669. The van der Waals surface area contributed by atoms with E-state index in [0.717, 1.165) is 5.01 Å². The molecule has 0 fully saturated rings. The molecule has 0 aliphatic carbocycles. The quantitative estimate of drug-likeness (QED) is 0.344. The Bertz CT molecular complexity index is 161. The summed E-state index contributed by atoms with van der Waals surface area (Å²) in [6, 6.07) is 0. The van der Waals surface area contributed by atoms with Gasteiger partial charge >= 0.3 is 6.18 Å². The van der Waals surface area contributed by atoms with Crippen molar-refractivity contribution in [1.82, 2.24) is 5.01 Å². The van der Waals surface area contributed by atoms with Gasteiger partial charge in [-0.15, -0.1) is 0 Å². The molecule has 0 amide bonds. The standard InChI is InChI=1S/C5H8F3N3/c1-9-4-11(2)10-3-5(6,7)8/h3-4H,1-2H3/b9-4-,10-3+. The van der Waals surface area contributed by atoms with Crippen molar-refractivity contribution < 1.29 is 13.2 Å². The molecule has 0 bridgehead atoms. The molecule has 0 aliphatic heterocycles. The maximum absolute atomic E-state index is 11.4. The van der Waals surface area contributed by atoms with E-state index in [1.807, 2.05) is 0 Å². The first kappa shape index (κ1) is 9.93. The SMILES string of the molecule is C/N=C\N(C)/N=C/C(F)(F)F. The van der Waals surface area contributed by atoms with Crippen molar-refractivity contribution in [3.8, 4) is 0 Å². The van der Waals surface area contributed by atoms with Gasteiger partial charge in [0, 0.05) is 14.1 Å². The van der Waals surface area contributed by atoms with Gasteiger partial charge in [-0.2, -0.15) is 18.3 Å². The summed E-state index contributed by atoms with van der Waals surface area (Å²) in [5.41, 5.74) is 0. The zero-order chi connectivity index (χ0) is 8.91. The molecule has 0 unspecified atom stereocenters. The molecule has 0 N–H and O–H groups in total. The van der Waals surface area contributed by atoms with E-state index in [2.05, 4.69) is 10.1 Å². The van der Waals surface area contributed by atoms with E-state index in [1.165, 1.54) is 20.4 Å². The molecule has 0 spiro atoms. The van der Waals surface area contributed by atoms with Gasteiger partial charge in [0.05, 0.1) is 0 Å². The normalized spacial score (nSPS) is 13.2. The second kappa shape index (κ2) is 3.95. The van der Waals surface area contributed by atoms with Gasteiger partial charge in [-0.1, -0.05) is 0 Å². The number of halogens is 3. The van der Waals surface area contributed by atoms with E-state index < -0.39 is 6.18 Å². The predicted molar refractivity (Wildman–Crippen MR) is 36.7 cm³/mol. The van der Waals surface area contributed by atoms with Crippen LogP contribution in [0.5, 0.6) is 0 Å². The molecule has 0 aromatic carbocycles. The first-order valence-corrected chi connectivity index (χ1v) is 2.72. The fourth-order valence-electron chi connectivity index (χ4n) is 0.353. The number of hydrogen-bond donors (Lipinski definition) is 0. The lowest BCUT2D eigenvalue weighted by Gasteiger charge is -2.04. The van der Waals surface area contributed by atoms with Crippen LogP contribution in [0.15, 0.2) is 10.1 Å². The Morgan fingerprint density at radius 2 is 1.91 bits per heavy atom. The Kier molecular flexibility index (Phi) is 3.56. The van der Waals surface area contributed by atoms with Crippen LogP contribution in [-0.4, -0.2) is 37.8 Å². The van der Waals surface area contributed by atoms with Crippen LogP contribution in [0.3, 0.4) is 0 Å². The highest BCUT2D eigenvalue weighted by Gasteiger charge is 2.23. The summed E-state index contributed by atoms with van der Waals surface area (Å²) in [7, 11) is 2.80. The Hall–Kier alpha value is -1.07. The molecule has 0 radical (unpaired) electrons. The van der Waals surface area contributed by atoms with Crippen LogP contribution in [0.4, 0.5) is 13.2 Å². The van der Waals surface area contributed by atoms with Gasteiger partial charge in [-0.25, -0.2) is 0 Å². The van der Waals surface area contributed by atoms with Crippen LogP contribution in [0, 0.1) is 0 Å². The Morgan fingerprint density at radius 3 is 2.27 bits per heavy atom. The van der Waals surface area contributed by atoms with Gasteiger partial charge in [-0.05, 0) is 0 Å². The van der Waals surface area contributed by atoms with Crippen LogP contribution in [0.1, 0.15) is 0 Å². The summed E-state index contributed by atoms with van der Waals surface area (Å²) in [4.78, 5) is 3.46. The van der Waals surface area contributed by atoms with Crippen molar-refractivity contribution in [3.63, 3.8) is 0 Å². The zero-order valence-electron chi connectivity index (χ0n) is 6.13. The maximum Gasteiger partial charge on any atom is 0.428 e. The molecule has 64 valence electrons. The first-order chi connectivity index (χ1) is 4.95. The zero-order valence-corrected chi connectivity index (χ0v) is 6.13. The van der Waals surface area contributed by atoms with Gasteiger partial charge in [-0.3, -0.25) is 10.0 Å². The number of hydrazone groups is 1. The summed E-state index contributed by atoms with van der Waals surface area (Å²) < 4.78 is 34.3.